The Kier molecular flexibility index (Phi) is 4.55. The average Bonchev–Trinajstić information content (AvgIpc) is 3.30. The predicted molar refractivity (Wildman–Crippen MR) is 103 cm³/mol. The van der Waals surface area contributed by atoms with Crippen molar-refractivity contribution in [3.63, 3.8) is 0 Å². The molecule has 4 rings (SSSR count). The van der Waals surface area contributed by atoms with Gasteiger partial charge in [0.15, 0.2) is 0 Å². The van der Waals surface area contributed by atoms with E-state index < -0.39 is 16.1 Å². The van der Waals surface area contributed by atoms with Gasteiger partial charge in [-0.25, -0.2) is 17.9 Å². The zero-order valence-electron chi connectivity index (χ0n) is 15.2. The van der Waals surface area contributed by atoms with E-state index in [1.807, 2.05) is 0 Å². The number of sulfonamides is 1. The van der Waals surface area contributed by atoms with Crippen LogP contribution >= 0.6 is 0 Å². The van der Waals surface area contributed by atoms with Gasteiger partial charge in [0.1, 0.15) is 10.6 Å². The summed E-state index contributed by atoms with van der Waals surface area (Å²) in [5.41, 5.74) is 5.67. The lowest BCUT2D eigenvalue weighted by Crippen LogP contribution is -2.35. The van der Waals surface area contributed by atoms with Crippen LogP contribution in [0.2, 0.25) is 0 Å². The molecule has 0 aliphatic heterocycles. The summed E-state index contributed by atoms with van der Waals surface area (Å²) in [6.45, 7) is 0. The van der Waals surface area contributed by atoms with Crippen LogP contribution in [-0.4, -0.2) is 21.6 Å². The Morgan fingerprint density at radius 2 is 1.63 bits per heavy atom. The molecular weight excluding hydrogens is 364 g/mol. The molecule has 0 radical (unpaired) electrons. The van der Waals surface area contributed by atoms with E-state index in [4.69, 9.17) is 4.74 Å². The van der Waals surface area contributed by atoms with E-state index in [9.17, 15) is 13.2 Å². The summed E-state index contributed by atoms with van der Waals surface area (Å²) in [5.74, 6) is 0.194. The highest BCUT2D eigenvalue weighted by Gasteiger charge is 2.27. The molecule has 2 aromatic carbocycles. The molecule has 27 heavy (non-hydrogen) atoms. The average molecular weight is 386 g/mol. The van der Waals surface area contributed by atoms with E-state index >= 15 is 0 Å². The molecule has 0 saturated carbocycles. The number of hydrogen-bond donors (Lipinski definition) is 2. The number of nitrogens with one attached hydrogen (secondary N) is 2. The van der Waals surface area contributed by atoms with Gasteiger partial charge in [-0.3, -0.25) is 0 Å². The lowest BCUT2D eigenvalue weighted by Gasteiger charge is -2.17. The first-order valence-corrected chi connectivity index (χ1v) is 10.6. The van der Waals surface area contributed by atoms with Gasteiger partial charge in [0.2, 0.25) is 0 Å². The van der Waals surface area contributed by atoms with Crippen molar-refractivity contribution in [2.24, 2.45) is 0 Å². The van der Waals surface area contributed by atoms with E-state index in [1.165, 1.54) is 24.3 Å². The number of carbonyl (C=O) groups is 1. The summed E-state index contributed by atoms with van der Waals surface area (Å²) in [7, 11) is -2.64. The van der Waals surface area contributed by atoms with E-state index in [0.29, 0.717) is 0 Å². The molecule has 2 aliphatic carbocycles. The summed E-state index contributed by atoms with van der Waals surface area (Å²) in [5, 5.41) is 2.84. The van der Waals surface area contributed by atoms with Gasteiger partial charge >= 0.3 is 6.03 Å². The summed E-state index contributed by atoms with van der Waals surface area (Å²) in [6, 6.07) is 7.74. The van der Waals surface area contributed by atoms with Crippen LogP contribution in [0.4, 0.5) is 10.5 Å². The van der Waals surface area contributed by atoms with Crippen molar-refractivity contribution < 1.29 is 17.9 Å². The molecule has 0 fully saturated rings. The van der Waals surface area contributed by atoms with E-state index in [2.05, 4.69) is 16.1 Å². The SMILES string of the molecule is COc1ccccc1S(=O)(=O)NC(=O)Nc1c2c(cc3c1CCC3)CCC2. The minimum absolute atomic E-state index is 0.0637. The monoisotopic (exact) mass is 386 g/mol. The van der Waals surface area contributed by atoms with Crippen LogP contribution in [0.15, 0.2) is 35.2 Å². The normalized spacial score (nSPS) is 15.1. The number of carbonyl (C=O) groups excluding carboxylic acids is 1. The number of benzene rings is 2. The number of urea groups is 1. The fraction of sp³-hybridized carbons (Fsp3) is 0.350. The topological polar surface area (TPSA) is 84.5 Å². The fourth-order valence-electron chi connectivity index (χ4n) is 4.12. The Morgan fingerprint density at radius 3 is 2.26 bits per heavy atom. The van der Waals surface area contributed by atoms with Crippen LogP contribution in [0.1, 0.15) is 35.1 Å². The third-order valence-electron chi connectivity index (χ3n) is 5.30. The quantitative estimate of drug-likeness (QED) is 0.845. The number of methoxy groups -OCH3 is 1. The molecule has 2 N–H and O–H groups in total. The standard InChI is InChI=1S/C20H22N2O4S/c1-26-17-10-2-3-11-18(17)27(24,25)22-20(23)21-19-15-8-4-6-13(15)12-14-7-5-9-16(14)19/h2-3,10-12H,4-9H2,1H3,(H2,21,22,23). The summed E-state index contributed by atoms with van der Waals surface area (Å²) >= 11 is 0. The van der Waals surface area contributed by atoms with Crippen molar-refractivity contribution in [1.82, 2.24) is 4.72 Å². The Morgan fingerprint density at radius 1 is 1.00 bits per heavy atom. The van der Waals surface area contributed by atoms with Crippen LogP contribution in [-0.2, 0) is 35.7 Å². The number of rotatable bonds is 4. The minimum atomic E-state index is -4.04. The van der Waals surface area contributed by atoms with Gasteiger partial charge in [0.25, 0.3) is 10.0 Å². The number of para-hydroxylation sites is 1. The van der Waals surface area contributed by atoms with E-state index in [0.717, 1.165) is 55.3 Å². The number of fused-ring (bicyclic) bond motifs is 2. The lowest BCUT2D eigenvalue weighted by atomic mass is 9.99. The molecule has 6 nitrogen and oxygen atoms in total. The maximum atomic E-state index is 12.6. The molecule has 2 amide bonds. The van der Waals surface area contributed by atoms with Crippen LogP contribution < -0.4 is 14.8 Å². The molecule has 0 atom stereocenters. The van der Waals surface area contributed by atoms with Crippen molar-refractivity contribution in [3.05, 3.63) is 52.6 Å². The second-order valence-electron chi connectivity index (χ2n) is 6.94. The summed E-state index contributed by atoms with van der Waals surface area (Å²) in [4.78, 5) is 12.5. The van der Waals surface area contributed by atoms with Crippen molar-refractivity contribution in [2.75, 3.05) is 12.4 Å². The van der Waals surface area contributed by atoms with Gasteiger partial charge in [0, 0.05) is 5.69 Å². The maximum Gasteiger partial charge on any atom is 0.333 e. The highest BCUT2D eigenvalue weighted by Crippen LogP contribution is 2.38. The zero-order chi connectivity index (χ0) is 19.0. The van der Waals surface area contributed by atoms with Gasteiger partial charge in [-0.2, -0.15) is 0 Å². The second kappa shape index (κ2) is 6.88. The zero-order valence-corrected chi connectivity index (χ0v) is 16.0. The van der Waals surface area contributed by atoms with Gasteiger partial charge in [-0.05, 0) is 72.9 Å². The van der Waals surface area contributed by atoms with Gasteiger partial charge in [0.05, 0.1) is 7.11 Å². The number of aryl methyl sites for hydroxylation is 2. The van der Waals surface area contributed by atoms with Crippen LogP contribution in [0.3, 0.4) is 0 Å². The van der Waals surface area contributed by atoms with Crippen LogP contribution in [0.5, 0.6) is 5.75 Å². The first-order valence-electron chi connectivity index (χ1n) is 9.13. The highest BCUT2D eigenvalue weighted by atomic mass is 32.2. The van der Waals surface area contributed by atoms with Crippen molar-refractivity contribution in [1.29, 1.82) is 0 Å². The lowest BCUT2D eigenvalue weighted by molar-refractivity contribution is 0.256. The third kappa shape index (κ3) is 3.27. The molecular formula is C20H22N2O4S. The summed E-state index contributed by atoms with van der Waals surface area (Å²) in [6.07, 6.45) is 5.98. The molecule has 2 aromatic rings. The molecule has 0 unspecified atom stereocenters. The molecule has 0 bridgehead atoms. The third-order valence-corrected chi connectivity index (χ3v) is 6.67. The molecule has 7 heteroatoms. The minimum Gasteiger partial charge on any atom is -0.495 e. The Balaban J connectivity index is 1.61. The van der Waals surface area contributed by atoms with Crippen molar-refractivity contribution in [3.8, 4) is 5.75 Å². The highest BCUT2D eigenvalue weighted by molar-refractivity contribution is 7.90. The Hall–Kier alpha value is -2.54. The molecule has 0 saturated heterocycles. The molecule has 0 aromatic heterocycles. The number of anilines is 1. The maximum absolute atomic E-state index is 12.6. The van der Waals surface area contributed by atoms with Crippen LogP contribution in [0.25, 0.3) is 0 Å². The summed E-state index contributed by atoms with van der Waals surface area (Å²) < 4.78 is 32.5. The molecule has 0 spiro atoms. The van der Waals surface area contributed by atoms with Gasteiger partial charge in [-0.15, -0.1) is 0 Å². The smallest absolute Gasteiger partial charge is 0.333 e. The Bertz CT molecular complexity index is 983. The predicted octanol–water partition coefficient (Wildman–Crippen LogP) is 3.18. The molecule has 0 heterocycles. The molecule has 142 valence electrons. The fourth-order valence-corrected chi connectivity index (χ4v) is 5.20. The first-order chi connectivity index (χ1) is 13.0. The second-order valence-corrected chi connectivity index (χ2v) is 8.60. The van der Waals surface area contributed by atoms with E-state index in [1.54, 1.807) is 18.2 Å². The first kappa shape index (κ1) is 17.9. The Labute approximate surface area is 159 Å². The van der Waals surface area contributed by atoms with Crippen molar-refractivity contribution >= 4 is 21.7 Å². The molecule has 2 aliphatic rings. The van der Waals surface area contributed by atoms with Gasteiger partial charge in [-0.1, -0.05) is 18.2 Å². The van der Waals surface area contributed by atoms with E-state index in [-0.39, 0.29) is 10.6 Å². The van der Waals surface area contributed by atoms with Crippen LogP contribution in [0, 0.1) is 0 Å². The van der Waals surface area contributed by atoms with Crippen molar-refractivity contribution in [2.45, 2.75) is 43.4 Å². The number of ether oxygens (including phenoxy) is 1. The number of hydrogen-bond acceptors (Lipinski definition) is 4. The number of amides is 2. The largest absolute Gasteiger partial charge is 0.495 e. The van der Waals surface area contributed by atoms with Gasteiger partial charge < -0.3 is 10.1 Å².